The molecule has 0 amide bonds. The van der Waals surface area contributed by atoms with Crippen LogP contribution in [0.5, 0.6) is 0 Å². The Labute approximate surface area is 180 Å². The lowest BCUT2D eigenvalue weighted by Crippen LogP contribution is -2.41. The number of carboxylic acids is 1. The van der Waals surface area contributed by atoms with Crippen LogP contribution in [0.3, 0.4) is 0 Å². The van der Waals surface area contributed by atoms with Crippen molar-refractivity contribution < 1.29 is 18.3 Å². The van der Waals surface area contributed by atoms with Gasteiger partial charge in [0.2, 0.25) is 10.0 Å². The highest BCUT2D eigenvalue weighted by atomic mass is 32.2. The van der Waals surface area contributed by atoms with Crippen LogP contribution in [0.4, 0.5) is 0 Å². The zero-order valence-electron chi connectivity index (χ0n) is 17.0. The van der Waals surface area contributed by atoms with E-state index in [0.29, 0.717) is 11.1 Å². The normalized spacial score (nSPS) is 12.5. The minimum absolute atomic E-state index is 0.00484. The minimum atomic E-state index is -3.64. The highest BCUT2D eigenvalue weighted by molar-refractivity contribution is 7.88. The predicted molar refractivity (Wildman–Crippen MR) is 118 cm³/mol. The smallest absolute Gasteiger partial charge is 0.322 e. The molecule has 0 aliphatic rings. The van der Waals surface area contributed by atoms with Crippen LogP contribution >= 0.6 is 0 Å². The number of amidine groups is 1. The van der Waals surface area contributed by atoms with E-state index in [1.165, 1.54) is 0 Å². The number of nitrogens with one attached hydrogen (secondary N) is 2. The Morgan fingerprint density at radius 3 is 2.26 bits per heavy atom. The second-order valence-corrected chi connectivity index (χ2v) is 9.01. The van der Waals surface area contributed by atoms with Gasteiger partial charge in [0, 0.05) is 29.9 Å². The van der Waals surface area contributed by atoms with Crippen molar-refractivity contribution in [2.24, 2.45) is 12.8 Å². The molecule has 2 aromatic carbocycles. The number of aliphatic carboxylic acids is 1. The highest BCUT2D eigenvalue weighted by Crippen LogP contribution is 2.25. The van der Waals surface area contributed by atoms with E-state index in [9.17, 15) is 18.3 Å². The summed E-state index contributed by atoms with van der Waals surface area (Å²) in [5.41, 5.74) is 9.30. The molecule has 10 heteroatoms. The fourth-order valence-corrected chi connectivity index (χ4v) is 3.86. The Kier molecular flexibility index (Phi) is 6.23. The molecule has 3 rings (SSSR count). The number of sulfonamides is 1. The number of nitrogens with two attached hydrogens (primary N) is 1. The van der Waals surface area contributed by atoms with E-state index < -0.39 is 22.0 Å². The van der Waals surface area contributed by atoms with Gasteiger partial charge in [-0.15, -0.1) is 0 Å². The molecule has 0 saturated carbocycles. The van der Waals surface area contributed by atoms with Crippen molar-refractivity contribution in [1.82, 2.24) is 14.3 Å². The molecular weight excluding hydrogens is 418 g/mol. The Hall–Kier alpha value is -3.50. The van der Waals surface area contributed by atoms with Crippen LogP contribution < -0.4 is 10.5 Å². The van der Waals surface area contributed by atoms with Crippen molar-refractivity contribution in [1.29, 1.82) is 5.41 Å². The number of nitrogens with zero attached hydrogens (tertiary/aromatic N) is 2. The van der Waals surface area contributed by atoms with E-state index in [2.05, 4.69) is 9.71 Å². The van der Waals surface area contributed by atoms with Crippen molar-refractivity contribution in [3.63, 3.8) is 0 Å². The lowest BCUT2D eigenvalue weighted by atomic mass is 10.0. The summed E-state index contributed by atoms with van der Waals surface area (Å²) >= 11 is 0. The number of imidazole rings is 1. The van der Waals surface area contributed by atoms with Crippen molar-refractivity contribution >= 4 is 21.8 Å². The molecule has 3 aromatic rings. The monoisotopic (exact) mass is 441 g/mol. The van der Waals surface area contributed by atoms with Gasteiger partial charge in [-0.2, -0.15) is 0 Å². The van der Waals surface area contributed by atoms with Crippen molar-refractivity contribution in [3.05, 3.63) is 65.9 Å². The average molecular weight is 442 g/mol. The second kappa shape index (κ2) is 8.70. The number of benzene rings is 2. The summed E-state index contributed by atoms with van der Waals surface area (Å²) in [4.78, 5) is 16.0. The fraction of sp³-hybridized carbons (Fsp3) is 0.190. The average Bonchev–Trinajstić information content (AvgIpc) is 3.08. The van der Waals surface area contributed by atoms with Crippen LogP contribution in [0.1, 0.15) is 11.1 Å². The molecule has 0 saturated heterocycles. The van der Waals surface area contributed by atoms with Crippen LogP contribution in [0.15, 0.2) is 54.7 Å². The Morgan fingerprint density at radius 1 is 1.16 bits per heavy atom. The van der Waals surface area contributed by atoms with E-state index in [1.807, 2.05) is 42.1 Å². The van der Waals surface area contributed by atoms with Gasteiger partial charge in [0.25, 0.3) is 0 Å². The molecule has 9 nitrogen and oxygen atoms in total. The molecule has 1 unspecified atom stereocenters. The summed E-state index contributed by atoms with van der Waals surface area (Å²) in [5.74, 6) is -0.509. The number of aryl methyl sites for hydroxylation is 1. The Balaban J connectivity index is 1.81. The maximum Gasteiger partial charge on any atom is 0.322 e. The first-order chi connectivity index (χ1) is 14.5. The lowest BCUT2D eigenvalue weighted by Gasteiger charge is -2.13. The summed E-state index contributed by atoms with van der Waals surface area (Å²) in [6.45, 7) is 0. The topological polar surface area (TPSA) is 151 Å². The number of carboxylic acid groups (broad SMARTS) is 1. The summed E-state index contributed by atoms with van der Waals surface area (Å²) < 4.78 is 26.8. The third kappa shape index (κ3) is 5.56. The van der Waals surface area contributed by atoms with Crippen LogP contribution in [0.25, 0.3) is 22.6 Å². The van der Waals surface area contributed by atoms with Gasteiger partial charge in [0.15, 0.2) is 0 Å². The minimum Gasteiger partial charge on any atom is -0.480 e. The fourth-order valence-electron chi connectivity index (χ4n) is 3.16. The lowest BCUT2D eigenvalue weighted by molar-refractivity contribution is -0.138. The summed E-state index contributed by atoms with van der Waals surface area (Å²) in [6.07, 6.45) is 2.85. The number of hydrogen-bond acceptors (Lipinski definition) is 5. The SMILES string of the molecule is Cn1cc(-c2ccc(C(=N)N)cc2)nc1-c1ccc(CC(NS(C)(=O)=O)C(=O)O)cc1. The molecule has 0 spiro atoms. The first kappa shape index (κ1) is 22.2. The third-order valence-electron chi connectivity index (χ3n) is 4.67. The maximum atomic E-state index is 11.4. The summed E-state index contributed by atoms with van der Waals surface area (Å²) in [6, 6.07) is 13.2. The Morgan fingerprint density at radius 2 is 1.74 bits per heavy atom. The van der Waals surface area contributed by atoms with E-state index in [0.717, 1.165) is 28.9 Å². The number of carbonyl (C=O) groups is 1. The van der Waals surface area contributed by atoms with Gasteiger partial charge in [-0.3, -0.25) is 10.2 Å². The molecule has 0 radical (unpaired) electrons. The maximum absolute atomic E-state index is 11.4. The van der Waals surface area contributed by atoms with Crippen molar-refractivity contribution in [2.75, 3.05) is 6.26 Å². The quantitative estimate of drug-likeness (QED) is 0.308. The highest BCUT2D eigenvalue weighted by Gasteiger charge is 2.22. The molecular formula is C21H23N5O4S. The number of hydrogen-bond donors (Lipinski definition) is 4. The Bertz CT molecular complexity index is 1220. The summed E-state index contributed by atoms with van der Waals surface area (Å²) in [7, 11) is -1.76. The third-order valence-corrected chi connectivity index (χ3v) is 5.39. The zero-order valence-corrected chi connectivity index (χ0v) is 17.8. The van der Waals surface area contributed by atoms with Gasteiger partial charge in [0.1, 0.15) is 17.7 Å². The molecule has 1 atom stereocenters. The molecule has 162 valence electrons. The summed E-state index contributed by atoms with van der Waals surface area (Å²) in [5, 5.41) is 16.7. The second-order valence-electron chi connectivity index (χ2n) is 7.23. The van der Waals surface area contributed by atoms with Gasteiger partial charge in [-0.05, 0) is 12.0 Å². The van der Waals surface area contributed by atoms with Crippen LogP contribution in [-0.2, 0) is 28.3 Å². The van der Waals surface area contributed by atoms with Gasteiger partial charge in [0.05, 0.1) is 11.9 Å². The van der Waals surface area contributed by atoms with Crippen LogP contribution in [0, 0.1) is 5.41 Å². The van der Waals surface area contributed by atoms with Gasteiger partial charge in [-0.25, -0.2) is 18.1 Å². The van der Waals surface area contributed by atoms with Gasteiger partial charge in [-0.1, -0.05) is 48.5 Å². The van der Waals surface area contributed by atoms with Crippen LogP contribution in [-0.4, -0.2) is 47.2 Å². The van der Waals surface area contributed by atoms with E-state index in [-0.39, 0.29) is 12.3 Å². The molecule has 31 heavy (non-hydrogen) atoms. The standard InChI is InChI=1S/C21H23N5O4S/c1-26-12-18(14-7-9-15(10-8-14)19(22)23)24-20(26)16-5-3-13(4-6-16)11-17(21(27)28)25-31(2,29)30/h3-10,12,17,25H,11H2,1-2H3,(H3,22,23)(H,27,28). The molecule has 0 aliphatic heterocycles. The van der Waals surface area contributed by atoms with E-state index in [4.69, 9.17) is 11.1 Å². The molecule has 1 heterocycles. The first-order valence-corrected chi connectivity index (χ1v) is 11.2. The molecule has 0 fully saturated rings. The van der Waals surface area contributed by atoms with Crippen molar-refractivity contribution in [2.45, 2.75) is 12.5 Å². The molecule has 5 N–H and O–H groups in total. The number of aromatic nitrogens is 2. The molecule has 0 bridgehead atoms. The number of nitrogen functional groups attached to an aromatic ring is 1. The first-order valence-electron chi connectivity index (χ1n) is 9.31. The predicted octanol–water partition coefficient (Wildman–Crippen LogP) is 1.58. The van der Waals surface area contributed by atoms with Crippen LogP contribution in [0.2, 0.25) is 0 Å². The molecule has 0 aliphatic carbocycles. The van der Waals surface area contributed by atoms with Gasteiger partial charge < -0.3 is 15.4 Å². The molecule has 1 aromatic heterocycles. The van der Waals surface area contributed by atoms with Gasteiger partial charge >= 0.3 is 5.97 Å². The zero-order chi connectivity index (χ0) is 22.8. The van der Waals surface area contributed by atoms with E-state index in [1.54, 1.807) is 24.3 Å². The largest absolute Gasteiger partial charge is 0.480 e. The van der Waals surface area contributed by atoms with Crippen molar-refractivity contribution in [3.8, 4) is 22.6 Å². The number of rotatable bonds is 8. The van der Waals surface area contributed by atoms with E-state index >= 15 is 0 Å².